The van der Waals surface area contributed by atoms with Crippen molar-refractivity contribution in [1.29, 1.82) is 0 Å². The average Bonchev–Trinajstić information content (AvgIpc) is 3.38. The summed E-state index contributed by atoms with van der Waals surface area (Å²) in [5.41, 5.74) is 8.24. The second-order valence-electron chi connectivity index (χ2n) is 7.49. The molecule has 1 aliphatic rings. The lowest BCUT2D eigenvalue weighted by Gasteiger charge is -2.10. The van der Waals surface area contributed by atoms with E-state index in [1.165, 1.54) is 0 Å². The maximum absolute atomic E-state index is 13.4. The van der Waals surface area contributed by atoms with Gasteiger partial charge in [0.1, 0.15) is 22.8 Å². The minimum absolute atomic E-state index is 0.116. The number of ether oxygens (including phenoxy) is 1. The third-order valence-corrected chi connectivity index (χ3v) is 5.51. The van der Waals surface area contributed by atoms with Crippen LogP contribution in [0.5, 0.6) is 11.5 Å². The fourth-order valence-electron chi connectivity index (χ4n) is 4.06. The molecule has 0 aliphatic carbocycles. The molecule has 4 aromatic rings. The summed E-state index contributed by atoms with van der Waals surface area (Å²) in [6.07, 6.45) is 3.84. The highest BCUT2D eigenvalue weighted by Gasteiger charge is 2.21. The fourth-order valence-corrected chi connectivity index (χ4v) is 4.06. The highest BCUT2D eigenvalue weighted by atomic mass is 16.5. The standard InChI is InChI=1S/C23H23N5O2/c24-22-21-20(12-14-26-22)27(15-16-5-4-13-25-16)23(29)28(21)17-8-10-19(11-9-17)30-18-6-2-1-3-7-18/h1-3,6-12,14,16,25H,4-5,13,15H2,(H2,24,26). The molecule has 1 saturated heterocycles. The van der Waals surface area contributed by atoms with Gasteiger partial charge in [0.25, 0.3) is 0 Å². The van der Waals surface area contributed by atoms with Crippen molar-refractivity contribution in [2.75, 3.05) is 12.3 Å². The van der Waals surface area contributed by atoms with Gasteiger partial charge in [-0.05, 0) is 61.9 Å². The third kappa shape index (κ3) is 3.33. The van der Waals surface area contributed by atoms with Crippen LogP contribution < -0.4 is 21.5 Å². The topological polar surface area (TPSA) is 87.1 Å². The van der Waals surface area contributed by atoms with Crippen molar-refractivity contribution in [3.8, 4) is 17.2 Å². The highest BCUT2D eigenvalue weighted by molar-refractivity contribution is 5.87. The first-order chi connectivity index (χ1) is 14.7. The summed E-state index contributed by atoms with van der Waals surface area (Å²) in [6.45, 7) is 1.60. The second kappa shape index (κ2) is 7.68. The van der Waals surface area contributed by atoms with Crippen LogP contribution in [-0.4, -0.2) is 26.7 Å². The van der Waals surface area contributed by atoms with Crippen LogP contribution in [0, 0.1) is 0 Å². The number of para-hydroxylation sites is 1. The van der Waals surface area contributed by atoms with Gasteiger partial charge in [0.15, 0.2) is 0 Å². The number of benzene rings is 2. The maximum atomic E-state index is 13.4. The van der Waals surface area contributed by atoms with Crippen LogP contribution in [-0.2, 0) is 6.54 Å². The highest BCUT2D eigenvalue weighted by Crippen LogP contribution is 2.26. The molecule has 2 aromatic heterocycles. The number of aromatic nitrogens is 3. The van der Waals surface area contributed by atoms with Crippen LogP contribution in [0.1, 0.15) is 12.8 Å². The monoisotopic (exact) mass is 401 g/mol. The molecule has 0 spiro atoms. The van der Waals surface area contributed by atoms with Crippen LogP contribution in [0.2, 0.25) is 0 Å². The number of pyridine rings is 1. The van der Waals surface area contributed by atoms with Gasteiger partial charge in [-0.2, -0.15) is 0 Å². The van der Waals surface area contributed by atoms with Crippen LogP contribution >= 0.6 is 0 Å². The van der Waals surface area contributed by atoms with Crippen molar-refractivity contribution in [3.05, 3.63) is 77.3 Å². The molecule has 7 heteroatoms. The average molecular weight is 401 g/mol. The molecule has 1 aliphatic heterocycles. The Hall–Kier alpha value is -3.58. The number of fused-ring (bicyclic) bond motifs is 1. The minimum Gasteiger partial charge on any atom is -0.457 e. The molecule has 3 N–H and O–H groups in total. The summed E-state index contributed by atoms with van der Waals surface area (Å²) in [4.78, 5) is 17.6. The number of nitrogen functional groups attached to an aromatic ring is 1. The maximum Gasteiger partial charge on any atom is 0.333 e. The van der Waals surface area contributed by atoms with Crippen molar-refractivity contribution in [2.45, 2.75) is 25.4 Å². The van der Waals surface area contributed by atoms with Gasteiger partial charge in [-0.1, -0.05) is 18.2 Å². The number of hydrogen-bond donors (Lipinski definition) is 2. The zero-order chi connectivity index (χ0) is 20.5. The molecule has 2 aromatic carbocycles. The molecule has 1 atom stereocenters. The van der Waals surface area contributed by atoms with E-state index >= 15 is 0 Å². The Morgan fingerprint density at radius 2 is 1.83 bits per heavy atom. The minimum atomic E-state index is -0.116. The van der Waals surface area contributed by atoms with E-state index in [1.54, 1.807) is 15.3 Å². The summed E-state index contributed by atoms with van der Waals surface area (Å²) < 4.78 is 9.30. The molecule has 152 valence electrons. The van der Waals surface area contributed by atoms with E-state index in [9.17, 15) is 4.79 Å². The zero-order valence-electron chi connectivity index (χ0n) is 16.5. The van der Waals surface area contributed by atoms with Crippen LogP contribution in [0.4, 0.5) is 5.82 Å². The van der Waals surface area contributed by atoms with Crippen LogP contribution in [0.25, 0.3) is 16.7 Å². The van der Waals surface area contributed by atoms with Crippen LogP contribution in [0.3, 0.4) is 0 Å². The molecule has 0 bridgehead atoms. The van der Waals surface area contributed by atoms with Crippen molar-refractivity contribution < 1.29 is 4.74 Å². The Morgan fingerprint density at radius 1 is 1.07 bits per heavy atom. The quantitative estimate of drug-likeness (QED) is 0.536. The predicted octanol–water partition coefficient (Wildman–Crippen LogP) is 3.31. The molecule has 1 fully saturated rings. The number of nitrogens with one attached hydrogen (secondary N) is 1. The smallest absolute Gasteiger partial charge is 0.333 e. The number of nitrogens with zero attached hydrogens (tertiary/aromatic N) is 3. The molecule has 0 amide bonds. The van der Waals surface area contributed by atoms with Crippen molar-refractivity contribution in [1.82, 2.24) is 19.4 Å². The second-order valence-corrected chi connectivity index (χ2v) is 7.49. The molecule has 3 heterocycles. The molecule has 0 saturated carbocycles. The summed E-state index contributed by atoms with van der Waals surface area (Å²) in [7, 11) is 0. The first kappa shape index (κ1) is 18.4. The van der Waals surface area contributed by atoms with Crippen LogP contribution in [0.15, 0.2) is 71.7 Å². The number of nitrogens with two attached hydrogens (primary N) is 1. The van der Waals surface area contributed by atoms with Crippen molar-refractivity contribution in [2.24, 2.45) is 0 Å². The third-order valence-electron chi connectivity index (χ3n) is 5.51. The SMILES string of the molecule is Nc1nccc2c1n(-c1ccc(Oc3ccccc3)cc1)c(=O)n2CC1CCCN1. The lowest BCUT2D eigenvalue weighted by molar-refractivity contribution is 0.482. The number of rotatable bonds is 5. The van der Waals surface area contributed by atoms with E-state index in [4.69, 9.17) is 10.5 Å². The first-order valence-electron chi connectivity index (χ1n) is 10.1. The predicted molar refractivity (Wildman–Crippen MR) is 117 cm³/mol. The van der Waals surface area contributed by atoms with Gasteiger partial charge < -0.3 is 15.8 Å². The largest absolute Gasteiger partial charge is 0.457 e. The summed E-state index contributed by atoms with van der Waals surface area (Å²) in [5.74, 6) is 1.80. The Balaban J connectivity index is 1.55. The molecule has 0 radical (unpaired) electrons. The van der Waals surface area contributed by atoms with Gasteiger partial charge in [-0.25, -0.2) is 9.78 Å². The lowest BCUT2D eigenvalue weighted by Crippen LogP contribution is -2.32. The van der Waals surface area contributed by atoms with Crippen molar-refractivity contribution in [3.63, 3.8) is 0 Å². The lowest BCUT2D eigenvalue weighted by atomic mass is 10.2. The Morgan fingerprint density at radius 3 is 2.57 bits per heavy atom. The number of anilines is 1. The summed E-state index contributed by atoms with van der Waals surface area (Å²) in [6, 6.07) is 19.2. The van der Waals surface area contributed by atoms with Gasteiger partial charge >= 0.3 is 5.69 Å². The summed E-state index contributed by atoms with van der Waals surface area (Å²) >= 11 is 0. The Bertz CT molecular complexity index is 1220. The van der Waals surface area contributed by atoms with Gasteiger partial charge in [-0.3, -0.25) is 9.13 Å². The number of imidazole rings is 1. The Kier molecular flexibility index (Phi) is 4.72. The van der Waals surface area contributed by atoms with E-state index < -0.39 is 0 Å². The normalized spacial score (nSPS) is 16.2. The van der Waals surface area contributed by atoms with Gasteiger partial charge in [0.05, 0.1) is 11.2 Å². The zero-order valence-corrected chi connectivity index (χ0v) is 16.5. The molecule has 30 heavy (non-hydrogen) atoms. The van der Waals surface area contributed by atoms with E-state index in [0.29, 0.717) is 23.6 Å². The van der Waals surface area contributed by atoms with E-state index in [2.05, 4.69) is 10.3 Å². The molecular formula is C23H23N5O2. The molecule has 1 unspecified atom stereocenters. The van der Waals surface area contributed by atoms with E-state index in [0.717, 1.165) is 36.3 Å². The van der Waals surface area contributed by atoms with Gasteiger partial charge in [0, 0.05) is 18.8 Å². The number of hydrogen-bond acceptors (Lipinski definition) is 5. The fraction of sp³-hybridized carbons (Fsp3) is 0.217. The van der Waals surface area contributed by atoms with Gasteiger partial charge in [0.2, 0.25) is 0 Å². The molecular weight excluding hydrogens is 378 g/mol. The first-order valence-corrected chi connectivity index (χ1v) is 10.1. The van der Waals surface area contributed by atoms with E-state index in [1.807, 2.05) is 60.7 Å². The van der Waals surface area contributed by atoms with Gasteiger partial charge in [-0.15, -0.1) is 0 Å². The molecule has 7 nitrogen and oxygen atoms in total. The molecule has 5 rings (SSSR count). The Labute approximate surface area is 173 Å². The van der Waals surface area contributed by atoms with E-state index in [-0.39, 0.29) is 11.7 Å². The van der Waals surface area contributed by atoms with Crippen molar-refractivity contribution >= 4 is 16.9 Å². The summed E-state index contributed by atoms with van der Waals surface area (Å²) in [5, 5.41) is 3.46.